The molecule has 1 aliphatic rings. The van der Waals surface area contributed by atoms with Crippen LogP contribution < -0.4 is 16.0 Å². The van der Waals surface area contributed by atoms with Gasteiger partial charge in [0.15, 0.2) is 5.13 Å². The van der Waals surface area contributed by atoms with Gasteiger partial charge in [-0.3, -0.25) is 29.4 Å². The molecule has 1 fully saturated rings. The van der Waals surface area contributed by atoms with Crippen molar-refractivity contribution < 1.29 is 24.4 Å². The number of hydrogen-bond donors (Lipinski definition) is 4. The summed E-state index contributed by atoms with van der Waals surface area (Å²) in [6.45, 7) is 2.04. The zero-order chi connectivity index (χ0) is 28.0. The number of nitrogens with one attached hydrogen (secondary N) is 3. The van der Waals surface area contributed by atoms with E-state index in [4.69, 9.17) is 0 Å². The summed E-state index contributed by atoms with van der Waals surface area (Å²) < 4.78 is 0. The Hall–Kier alpha value is -3.38. The number of amides is 4. The molecule has 2 aromatic heterocycles. The molecule has 3 atom stereocenters. The lowest BCUT2D eigenvalue weighted by atomic mass is 9.79. The van der Waals surface area contributed by atoms with Crippen LogP contribution in [0.2, 0.25) is 0 Å². The Morgan fingerprint density at radius 2 is 1.92 bits per heavy atom. The topological polar surface area (TPSA) is 154 Å². The van der Waals surface area contributed by atoms with E-state index in [1.807, 2.05) is 6.92 Å². The molecule has 1 aliphatic carbocycles. The number of hydroxylamine groups is 2. The average Bonchev–Trinajstić information content (AvgIpc) is 3.47. The third-order valence-corrected chi connectivity index (χ3v) is 7.75. The Morgan fingerprint density at radius 1 is 1.13 bits per heavy atom. The van der Waals surface area contributed by atoms with E-state index >= 15 is 0 Å². The van der Waals surface area contributed by atoms with Crippen molar-refractivity contribution in [2.24, 2.45) is 11.8 Å². The second kappa shape index (κ2) is 15.9. The quantitative estimate of drug-likeness (QED) is 0.148. The molecular weight excluding hydrogens is 520 g/mol. The molecule has 4 amide bonds. The molecule has 2 heterocycles. The lowest BCUT2D eigenvalue weighted by molar-refractivity contribution is -0.169. The summed E-state index contributed by atoms with van der Waals surface area (Å²) in [5, 5.41) is 21.4. The van der Waals surface area contributed by atoms with Crippen molar-refractivity contribution in [1.82, 2.24) is 25.7 Å². The van der Waals surface area contributed by atoms with Crippen molar-refractivity contribution in [2.75, 3.05) is 11.9 Å². The molecule has 0 saturated heterocycles. The smallest absolute Gasteiger partial charge is 0.269 e. The number of pyridine rings is 1. The summed E-state index contributed by atoms with van der Waals surface area (Å²) in [5.41, 5.74) is 0.247. The zero-order valence-corrected chi connectivity index (χ0v) is 23.1. The molecular formula is C27H38N6O5S. The predicted molar refractivity (Wildman–Crippen MR) is 147 cm³/mol. The minimum absolute atomic E-state index is 0.109. The summed E-state index contributed by atoms with van der Waals surface area (Å²) in [6.07, 6.45) is 10.5. The summed E-state index contributed by atoms with van der Waals surface area (Å²) in [6, 6.07) is 3.31. The number of nitrogens with zero attached hydrogens (tertiary/aromatic N) is 3. The van der Waals surface area contributed by atoms with Gasteiger partial charge in [-0.1, -0.05) is 51.5 Å². The fourth-order valence-corrected chi connectivity index (χ4v) is 5.59. The second-order valence-electron chi connectivity index (χ2n) is 9.83. The third-order valence-electron chi connectivity index (χ3n) is 7.06. The van der Waals surface area contributed by atoms with E-state index in [1.165, 1.54) is 17.5 Å². The van der Waals surface area contributed by atoms with Crippen molar-refractivity contribution >= 4 is 40.6 Å². The molecule has 0 aliphatic heterocycles. The van der Waals surface area contributed by atoms with E-state index in [1.54, 1.807) is 29.8 Å². The maximum atomic E-state index is 13.7. The molecule has 4 N–H and O–H groups in total. The van der Waals surface area contributed by atoms with Gasteiger partial charge in [-0.2, -0.15) is 0 Å². The molecule has 12 heteroatoms. The standard InChI is InChI=1S/C27H38N6O5S/c1-2-8-23(33(38)18-34)20(17-19-9-4-3-5-10-19)24(35)31-22(26(37)32-27-30-15-16-39-27)12-14-29-25(36)21-11-6-7-13-28-21/h6-7,11,13,15-16,18-20,22-23,38H,2-5,8-10,12,14,17H2,1H3,(H,29,36)(H,31,35)(H,30,32,37)/t20-,22+,23+/m1/s1. The van der Waals surface area contributed by atoms with Crippen LogP contribution in [0.5, 0.6) is 0 Å². The Balaban J connectivity index is 1.75. The second-order valence-corrected chi connectivity index (χ2v) is 10.7. The van der Waals surface area contributed by atoms with Gasteiger partial charge >= 0.3 is 0 Å². The van der Waals surface area contributed by atoms with E-state index in [2.05, 4.69) is 25.9 Å². The van der Waals surface area contributed by atoms with E-state index in [9.17, 15) is 24.4 Å². The van der Waals surface area contributed by atoms with Crippen LogP contribution in [0.3, 0.4) is 0 Å². The van der Waals surface area contributed by atoms with Crippen molar-refractivity contribution in [3.05, 3.63) is 41.7 Å². The molecule has 0 radical (unpaired) electrons. The molecule has 0 bridgehead atoms. The van der Waals surface area contributed by atoms with Crippen molar-refractivity contribution in [2.45, 2.75) is 76.8 Å². The van der Waals surface area contributed by atoms with Crippen LogP contribution in [0, 0.1) is 11.8 Å². The maximum Gasteiger partial charge on any atom is 0.269 e. The lowest BCUT2D eigenvalue weighted by Gasteiger charge is -2.34. The molecule has 0 unspecified atom stereocenters. The first kappa shape index (κ1) is 30.2. The van der Waals surface area contributed by atoms with Gasteiger partial charge in [0.2, 0.25) is 18.2 Å². The number of thiazole rings is 1. The van der Waals surface area contributed by atoms with E-state index < -0.39 is 29.8 Å². The molecule has 0 spiro atoms. The Labute approximate surface area is 232 Å². The molecule has 212 valence electrons. The first-order chi connectivity index (χ1) is 18.9. The highest BCUT2D eigenvalue weighted by Gasteiger charge is 2.36. The molecule has 0 aromatic carbocycles. The highest BCUT2D eigenvalue weighted by atomic mass is 32.1. The van der Waals surface area contributed by atoms with Gasteiger partial charge in [0.05, 0.1) is 12.0 Å². The molecule has 1 saturated carbocycles. The number of anilines is 1. The Bertz CT molecular complexity index is 1050. The van der Waals surface area contributed by atoms with Crippen molar-refractivity contribution in [3.8, 4) is 0 Å². The van der Waals surface area contributed by atoms with Gasteiger partial charge in [0.1, 0.15) is 11.7 Å². The van der Waals surface area contributed by atoms with Crippen LogP contribution in [-0.2, 0) is 14.4 Å². The van der Waals surface area contributed by atoms with Gasteiger partial charge in [0, 0.05) is 24.3 Å². The Kier molecular flexibility index (Phi) is 12.3. The van der Waals surface area contributed by atoms with E-state index in [0.29, 0.717) is 41.8 Å². The number of rotatable bonds is 15. The summed E-state index contributed by atoms with van der Waals surface area (Å²) >= 11 is 1.25. The molecule has 11 nitrogen and oxygen atoms in total. The number of carbonyl (C=O) groups excluding carboxylic acids is 4. The monoisotopic (exact) mass is 558 g/mol. The van der Waals surface area contributed by atoms with Crippen LogP contribution in [0.25, 0.3) is 0 Å². The lowest BCUT2D eigenvalue weighted by Crippen LogP contribution is -2.52. The summed E-state index contributed by atoms with van der Waals surface area (Å²) in [7, 11) is 0. The molecule has 3 rings (SSSR count). The first-order valence-electron chi connectivity index (χ1n) is 13.5. The average molecular weight is 559 g/mol. The van der Waals surface area contributed by atoms with Gasteiger partial charge in [0.25, 0.3) is 5.91 Å². The number of hydrogen-bond acceptors (Lipinski definition) is 8. The largest absolute Gasteiger partial charge is 0.351 e. The normalized spacial score (nSPS) is 15.9. The van der Waals surface area contributed by atoms with E-state index in [-0.39, 0.29) is 24.6 Å². The summed E-state index contributed by atoms with van der Waals surface area (Å²) in [5.74, 6) is -1.66. The fourth-order valence-electron chi connectivity index (χ4n) is 5.06. The maximum absolute atomic E-state index is 13.7. The zero-order valence-electron chi connectivity index (χ0n) is 22.3. The van der Waals surface area contributed by atoms with Gasteiger partial charge < -0.3 is 16.0 Å². The van der Waals surface area contributed by atoms with Gasteiger partial charge in [-0.15, -0.1) is 11.3 Å². The van der Waals surface area contributed by atoms with Crippen molar-refractivity contribution in [3.63, 3.8) is 0 Å². The number of carbonyl (C=O) groups is 4. The van der Waals surface area contributed by atoms with Crippen LogP contribution >= 0.6 is 11.3 Å². The molecule has 39 heavy (non-hydrogen) atoms. The first-order valence-corrected chi connectivity index (χ1v) is 14.4. The highest BCUT2D eigenvalue weighted by molar-refractivity contribution is 7.13. The van der Waals surface area contributed by atoms with Gasteiger partial charge in [-0.25, -0.2) is 10.0 Å². The predicted octanol–water partition coefficient (Wildman–Crippen LogP) is 3.38. The van der Waals surface area contributed by atoms with E-state index in [0.717, 1.165) is 32.1 Å². The number of aromatic nitrogens is 2. The van der Waals surface area contributed by atoms with Gasteiger partial charge in [-0.05, 0) is 37.3 Å². The minimum atomic E-state index is -0.982. The minimum Gasteiger partial charge on any atom is -0.351 e. The molecule has 2 aromatic rings. The Morgan fingerprint density at radius 3 is 2.56 bits per heavy atom. The van der Waals surface area contributed by atoms with Crippen LogP contribution in [0.1, 0.15) is 75.2 Å². The van der Waals surface area contributed by atoms with Crippen LogP contribution in [0.4, 0.5) is 5.13 Å². The third kappa shape index (κ3) is 9.39. The summed E-state index contributed by atoms with van der Waals surface area (Å²) in [4.78, 5) is 59.0. The highest BCUT2D eigenvalue weighted by Crippen LogP contribution is 2.32. The van der Waals surface area contributed by atoms with Crippen molar-refractivity contribution in [1.29, 1.82) is 0 Å². The fraction of sp³-hybridized carbons (Fsp3) is 0.556. The van der Waals surface area contributed by atoms with Crippen LogP contribution in [0.15, 0.2) is 36.0 Å². The SMILES string of the molecule is CCC[C@@H]([C@@H](CC1CCCCC1)C(=O)N[C@@H](CCNC(=O)c1ccccn1)C(=O)Nc1nccs1)N(O)C=O. The van der Waals surface area contributed by atoms with Crippen LogP contribution in [-0.4, -0.2) is 63.0 Å².